The minimum absolute atomic E-state index is 0.00252. The Hall–Kier alpha value is -2.07. The molecule has 0 spiro atoms. The highest BCUT2D eigenvalue weighted by Crippen LogP contribution is 2.17. The van der Waals surface area contributed by atoms with Gasteiger partial charge < -0.3 is 14.6 Å². The fourth-order valence-electron chi connectivity index (χ4n) is 3.13. The fraction of sp³-hybridized carbons (Fsp3) is 0.450. The first-order valence-corrected chi connectivity index (χ1v) is 8.78. The molecule has 2 aromatic rings. The van der Waals surface area contributed by atoms with Crippen molar-refractivity contribution < 1.29 is 9.21 Å². The fourth-order valence-corrected chi connectivity index (χ4v) is 3.13. The average Bonchev–Trinajstić information content (AvgIpc) is 3.15. The summed E-state index contributed by atoms with van der Waals surface area (Å²) in [4.78, 5) is 14.1. The molecule has 3 rings (SSSR count). The molecule has 2 heterocycles. The molecular formula is C20H26N2O2. The smallest absolute Gasteiger partial charge is 0.289 e. The first kappa shape index (κ1) is 16.8. The van der Waals surface area contributed by atoms with E-state index in [4.69, 9.17) is 4.42 Å². The standard InChI is InChI=1S/C20H26N2O2/c1-15(2)17-7-5-16(6-8-17)14-21-18-9-11-22(12-10-18)20(23)19-4-3-13-24-19/h3-8,13,15,18,21H,9-12,14H2,1-2H3. The number of furan rings is 1. The van der Waals surface area contributed by atoms with Gasteiger partial charge in [0.25, 0.3) is 5.91 Å². The minimum atomic E-state index is 0.00252. The van der Waals surface area contributed by atoms with Crippen LogP contribution >= 0.6 is 0 Å². The Morgan fingerprint density at radius 2 is 1.92 bits per heavy atom. The number of benzene rings is 1. The molecule has 1 amide bonds. The molecule has 24 heavy (non-hydrogen) atoms. The maximum Gasteiger partial charge on any atom is 0.289 e. The predicted octanol–water partition coefficient (Wildman–Crippen LogP) is 3.80. The van der Waals surface area contributed by atoms with Gasteiger partial charge in [-0.1, -0.05) is 38.1 Å². The van der Waals surface area contributed by atoms with Crippen LogP contribution in [0.15, 0.2) is 47.1 Å². The third kappa shape index (κ3) is 4.06. The van der Waals surface area contributed by atoms with Gasteiger partial charge in [-0.25, -0.2) is 0 Å². The second-order valence-corrected chi connectivity index (χ2v) is 6.82. The van der Waals surface area contributed by atoms with Crippen LogP contribution < -0.4 is 5.32 Å². The molecule has 0 atom stereocenters. The lowest BCUT2D eigenvalue weighted by Gasteiger charge is -2.32. The van der Waals surface area contributed by atoms with E-state index in [-0.39, 0.29) is 5.91 Å². The maximum atomic E-state index is 12.2. The van der Waals surface area contributed by atoms with Crippen LogP contribution in [-0.4, -0.2) is 29.9 Å². The van der Waals surface area contributed by atoms with Crippen molar-refractivity contribution in [3.05, 3.63) is 59.5 Å². The number of amides is 1. The number of hydrogen-bond donors (Lipinski definition) is 1. The van der Waals surface area contributed by atoms with Crippen LogP contribution in [0.3, 0.4) is 0 Å². The van der Waals surface area contributed by atoms with Gasteiger partial charge in [0.2, 0.25) is 0 Å². The molecule has 1 aromatic carbocycles. The van der Waals surface area contributed by atoms with Crippen molar-refractivity contribution in [2.24, 2.45) is 0 Å². The van der Waals surface area contributed by atoms with Gasteiger partial charge >= 0.3 is 0 Å². The van der Waals surface area contributed by atoms with Gasteiger partial charge in [-0.3, -0.25) is 4.79 Å². The Kier molecular flexibility index (Phi) is 5.36. The van der Waals surface area contributed by atoms with Crippen LogP contribution in [0.4, 0.5) is 0 Å². The first-order valence-electron chi connectivity index (χ1n) is 8.78. The summed E-state index contributed by atoms with van der Waals surface area (Å²) in [5.74, 6) is 1.01. The molecule has 0 bridgehead atoms. The topological polar surface area (TPSA) is 45.5 Å². The Morgan fingerprint density at radius 3 is 2.50 bits per heavy atom. The third-order valence-corrected chi connectivity index (χ3v) is 4.76. The van der Waals surface area contributed by atoms with Crippen molar-refractivity contribution >= 4 is 5.91 Å². The molecule has 1 aliphatic rings. The van der Waals surface area contributed by atoms with Crippen molar-refractivity contribution in [1.29, 1.82) is 0 Å². The van der Waals surface area contributed by atoms with Crippen molar-refractivity contribution in [1.82, 2.24) is 10.2 Å². The van der Waals surface area contributed by atoms with Crippen molar-refractivity contribution in [2.45, 2.75) is 45.2 Å². The molecule has 0 radical (unpaired) electrons. The van der Waals surface area contributed by atoms with E-state index in [1.54, 1.807) is 18.4 Å². The van der Waals surface area contributed by atoms with E-state index in [9.17, 15) is 4.79 Å². The molecule has 1 aromatic heterocycles. The molecule has 1 fully saturated rings. The first-order chi connectivity index (χ1) is 11.6. The quantitative estimate of drug-likeness (QED) is 0.909. The van der Waals surface area contributed by atoms with Crippen LogP contribution in [0.1, 0.15) is 54.3 Å². The summed E-state index contributed by atoms with van der Waals surface area (Å²) in [6.45, 7) is 6.87. The number of rotatable bonds is 5. The predicted molar refractivity (Wildman–Crippen MR) is 95.0 cm³/mol. The van der Waals surface area contributed by atoms with Gasteiger partial charge in [-0.15, -0.1) is 0 Å². The van der Waals surface area contributed by atoms with E-state index in [1.165, 1.54) is 11.1 Å². The average molecular weight is 326 g/mol. The maximum absolute atomic E-state index is 12.2. The van der Waals surface area contributed by atoms with Gasteiger partial charge in [-0.2, -0.15) is 0 Å². The number of carbonyl (C=O) groups excluding carboxylic acids is 1. The number of nitrogens with zero attached hydrogens (tertiary/aromatic N) is 1. The van der Waals surface area contributed by atoms with Gasteiger partial charge in [0.05, 0.1) is 6.26 Å². The summed E-state index contributed by atoms with van der Waals surface area (Å²) in [7, 11) is 0. The Balaban J connectivity index is 1.44. The van der Waals surface area contributed by atoms with Crippen LogP contribution in [0.2, 0.25) is 0 Å². The highest BCUT2D eigenvalue weighted by molar-refractivity contribution is 5.91. The Bertz CT molecular complexity index is 639. The summed E-state index contributed by atoms with van der Waals surface area (Å²) in [6, 6.07) is 12.8. The zero-order valence-corrected chi connectivity index (χ0v) is 14.5. The van der Waals surface area contributed by atoms with Gasteiger partial charge in [-0.05, 0) is 42.0 Å². The Morgan fingerprint density at radius 1 is 1.21 bits per heavy atom. The van der Waals surface area contributed by atoms with E-state index >= 15 is 0 Å². The summed E-state index contributed by atoms with van der Waals surface area (Å²) in [5.41, 5.74) is 2.69. The number of nitrogens with one attached hydrogen (secondary N) is 1. The number of hydrogen-bond acceptors (Lipinski definition) is 3. The molecule has 4 heteroatoms. The molecule has 1 N–H and O–H groups in total. The van der Waals surface area contributed by atoms with E-state index in [1.807, 2.05) is 4.90 Å². The lowest BCUT2D eigenvalue weighted by Crippen LogP contribution is -2.44. The molecule has 4 nitrogen and oxygen atoms in total. The molecule has 0 unspecified atom stereocenters. The zero-order valence-electron chi connectivity index (χ0n) is 14.5. The number of piperidine rings is 1. The van der Waals surface area contributed by atoms with Crippen LogP contribution in [0, 0.1) is 0 Å². The van der Waals surface area contributed by atoms with E-state index in [0.29, 0.717) is 17.7 Å². The molecule has 0 saturated carbocycles. The second-order valence-electron chi connectivity index (χ2n) is 6.82. The monoisotopic (exact) mass is 326 g/mol. The van der Waals surface area contributed by atoms with Gasteiger partial charge in [0, 0.05) is 25.7 Å². The minimum Gasteiger partial charge on any atom is -0.459 e. The van der Waals surface area contributed by atoms with Crippen LogP contribution in [0.5, 0.6) is 0 Å². The van der Waals surface area contributed by atoms with Crippen LogP contribution in [0.25, 0.3) is 0 Å². The molecular weight excluding hydrogens is 300 g/mol. The van der Waals surface area contributed by atoms with Crippen molar-refractivity contribution in [3.8, 4) is 0 Å². The number of carbonyl (C=O) groups is 1. The summed E-state index contributed by atoms with van der Waals surface area (Å²) in [5, 5.41) is 3.62. The molecule has 1 saturated heterocycles. The molecule has 1 aliphatic heterocycles. The van der Waals surface area contributed by atoms with E-state index in [0.717, 1.165) is 32.5 Å². The van der Waals surface area contributed by atoms with Crippen molar-refractivity contribution in [2.75, 3.05) is 13.1 Å². The lowest BCUT2D eigenvalue weighted by molar-refractivity contribution is 0.0672. The molecule has 0 aliphatic carbocycles. The largest absolute Gasteiger partial charge is 0.459 e. The third-order valence-electron chi connectivity index (χ3n) is 4.76. The highest BCUT2D eigenvalue weighted by Gasteiger charge is 2.24. The zero-order chi connectivity index (χ0) is 16.9. The van der Waals surface area contributed by atoms with E-state index < -0.39 is 0 Å². The summed E-state index contributed by atoms with van der Waals surface area (Å²) < 4.78 is 5.20. The summed E-state index contributed by atoms with van der Waals surface area (Å²) in [6.07, 6.45) is 3.51. The highest BCUT2D eigenvalue weighted by atomic mass is 16.3. The SMILES string of the molecule is CC(C)c1ccc(CNC2CCN(C(=O)c3ccco3)CC2)cc1. The van der Waals surface area contributed by atoms with Crippen LogP contribution in [-0.2, 0) is 6.54 Å². The molecule has 128 valence electrons. The normalized spacial score (nSPS) is 15.9. The van der Waals surface area contributed by atoms with E-state index in [2.05, 4.69) is 43.4 Å². The second kappa shape index (κ2) is 7.67. The lowest BCUT2D eigenvalue weighted by atomic mass is 10.0. The van der Waals surface area contributed by atoms with Gasteiger partial charge in [0.1, 0.15) is 0 Å². The number of likely N-dealkylation sites (tertiary alicyclic amines) is 1. The van der Waals surface area contributed by atoms with Crippen molar-refractivity contribution in [3.63, 3.8) is 0 Å². The Labute approximate surface area is 143 Å². The van der Waals surface area contributed by atoms with Gasteiger partial charge in [0.15, 0.2) is 5.76 Å². The summed E-state index contributed by atoms with van der Waals surface area (Å²) >= 11 is 0.